The highest BCUT2D eigenvalue weighted by Crippen LogP contribution is 2.27. The largest absolute Gasteiger partial charge is 0.379 e. The standard InChI is InChI=1S/C18H25N5O2/c1-3-13-11-23(12-17(13)22-6-8-25-9-7-22)18(24)14-4-5-16-15(10-14)19-20-21(16)2/h4-5,10,13,17H,3,6-9,11-12H2,1-2H3/t13-,17+/m0/s1. The first-order valence-corrected chi connectivity index (χ1v) is 9.08. The van der Waals surface area contributed by atoms with Crippen molar-refractivity contribution in [3.8, 4) is 0 Å². The third kappa shape index (κ3) is 3.02. The number of rotatable bonds is 3. The minimum absolute atomic E-state index is 0.0989. The molecule has 0 saturated carbocycles. The van der Waals surface area contributed by atoms with Crippen LogP contribution in [0.15, 0.2) is 18.2 Å². The molecule has 2 aliphatic heterocycles. The molecule has 2 aliphatic rings. The molecule has 2 atom stereocenters. The van der Waals surface area contributed by atoms with Crippen LogP contribution < -0.4 is 0 Å². The second-order valence-corrected chi connectivity index (χ2v) is 7.01. The van der Waals surface area contributed by atoms with E-state index in [9.17, 15) is 4.79 Å². The van der Waals surface area contributed by atoms with Gasteiger partial charge in [-0.25, -0.2) is 4.68 Å². The van der Waals surface area contributed by atoms with Crippen molar-refractivity contribution in [3.63, 3.8) is 0 Å². The topological polar surface area (TPSA) is 63.5 Å². The van der Waals surface area contributed by atoms with E-state index in [4.69, 9.17) is 4.74 Å². The van der Waals surface area contributed by atoms with Crippen molar-refractivity contribution in [2.45, 2.75) is 19.4 Å². The summed E-state index contributed by atoms with van der Waals surface area (Å²) in [6, 6.07) is 6.11. The second kappa shape index (κ2) is 6.72. The molecule has 0 radical (unpaired) electrons. The van der Waals surface area contributed by atoms with Gasteiger partial charge in [-0.3, -0.25) is 9.69 Å². The molecule has 0 N–H and O–H groups in total. The van der Waals surface area contributed by atoms with Gasteiger partial charge in [0, 0.05) is 44.8 Å². The van der Waals surface area contributed by atoms with E-state index in [0.717, 1.165) is 56.8 Å². The Bertz CT molecular complexity index is 768. The number of likely N-dealkylation sites (tertiary alicyclic amines) is 1. The summed E-state index contributed by atoms with van der Waals surface area (Å²) >= 11 is 0. The van der Waals surface area contributed by atoms with E-state index in [1.54, 1.807) is 4.68 Å². The SMILES string of the molecule is CC[C@H]1CN(C(=O)c2ccc3c(c2)nnn3C)C[C@H]1N1CCOCC1. The van der Waals surface area contributed by atoms with Gasteiger partial charge in [-0.2, -0.15) is 0 Å². The van der Waals surface area contributed by atoms with Gasteiger partial charge >= 0.3 is 0 Å². The predicted octanol–water partition coefficient (Wildman–Crippen LogP) is 1.15. The highest BCUT2D eigenvalue weighted by Gasteiger charge is 2.38. The fourth-order valence-electron chi connectivity index (χ4n) is 4.10. The van der Waals surface area contributed by atoms with Crippen molar-refractivity contribution < 1.29 is 9.53 Å². The van der Waals surface area contributed by atoms with Crippen molar-refractivity contribution in [3.05, 3.63) is 23.8 Å². The third-order valence-corrected chi connectivity index (χ3v) is 5.59. The average molecular weight is 343 g/mol. The van der Waals surface area contributed by atoms with Crippen molar-refractivity contribution in [2.24, 2.45) is 13.0 Å². The molecule has 1 aromatic heterocycles. The molecule has 7 heteroatoms. The normalized spacial score (nSPS) is 25.0. The zero-order valence-corrected chi connectivity index (χ0v) is 14.9. The smallest absolute Gasteiger partial charge is 0.253 e. The summed E-state index contributed by atoms with van der Waals surface area (Å²) < 4.78 is 7.20. The van der Waals surface area contributed by atoms with Crippen LogP contribution in [0.4, 0.5) is 0 Å². The van der Waals surface area contributed by atoms with Gasteiger partial charge in [0.15, 0.2) is 0 Å². The highest BCUT2D eigenvalue weighted by atomic mass is 16.5. The summed E-state index contributed by atoms with van der Waals surface area (Å²) in [4.78, 5) is 17.5. The van der Waals surface area contributed by atoms with Gasteiger partial charge in [-0.1, -0.05) is 18.6 Å². The number of carbonyl (C=O) groups is 1. The summed E-state index contributed by atoms with van der Waals surface area (Å²) in [5, 5.41) is 8.14. The number of fused-ring (bicyclic) bond motifs is 1. The number of ether oxygens (including phenoxy) is 1. The van der Waals surface area contributed by atoms with Gasteiger partial charge in [0.05, 0.1) is 18.7 Å². The van der Waals surface area contributed by atoms with Crippen LogP contribution in [0, 0.1) is 5.92 Å². The molecule has 134 valence electrons. The average Bonchev–Trinajstić information content (AvgIpc) is 3.25. The van der Waals surface area contributed by atoms with E-state index in [2.05, 4.69) is 22.1 Å². The molecule has 1 aromatic carbocycles. The van der Waals surface area contributed by atoms with Crippen LogP contribution >= 0.6 is 0 Å². The number of hydrogen-bond acceptors (Lipinski definition) is 5. The number of aromatic nitrogens is 3. The van der Waals surface area contributed by atoms with Crippen LogP contribution in [0.2, 0.25) is 0 Å². The van der Waals surface area contributed by atoms with Crippen molar-refractivity contribution in [2.75, 3.05) is 39.4 Å². The van der Waals surface area contributed by atoms with Gasteiger partial charge in [-0.05, 0) is 24.1 Å². The first-order chi connectivity index (χ1) is 12.2. The lowest BCUT2D eigenvalue weighted by molar-refractivity contribution is 0.0103. The van der Waals surface area contributed by atoms with Crippen molar-refractivity contribution in [1.82, 2.24) is 24.8 Å². The van der Waals surface area contributed by atoms with Crippen molar-refractivity contribution in [1.29, 1.82) is 0 Å². The molecule has 2 aromatic rings. The Balaban J connectivity index is 1.52. The van der Waals surface area contributed by atoms with E-state index in [0.29, 0.717) is 17.5 Å². The maximum absolute atomic E-state index is 13.0. The number of nitrogens with zero attached hydrogens (tertiary/aromatic N) is 5. The van der Waals surface area contributed by atoms with E-state index in [1.165, 1.54) is 0 Å². The Morgan fingerprint density at radius 2 is 2.08 bits per heavy atom. The molecular formula is C18H25N5O2. The van der Waals surface area contributed by atoms with Crippen LogP contribution in [-0.4, -0.2) is 76.1 Å². The van der Waals surface area contributed by atoms with Crippen LogP contribution in [0.1, 0.15) is 23.7 Å². The first-order valence-electron chi connectivity index (χ1n) is 9.08. The molecule has 2 fully saturated rings. The number of carbonyl (C=O) groups excluding carboxylic acids is 1. The van der Waals surface area contributed by atoms with Gasteiger partial charge in [0.25, 0.3) is 5.91 Å². The fourth-order valence-corrected chi connectivity index (χ4v) is 4.10. The lowest BCUT2D eigenvalue weighted by atomic mass is 9.99. The predicted molar refractivity (Wildman–Crippen MR) is 94.4 cm³/mol. The number of hydrogen-bond donors (Lipinski definition) is 0. The van der Waals surface area contributed by atoms with E-state index in [1.807, 2.05) is 30.1 Å². The van der Waals surface area contributed by atoms with E-state index in [-0.39, 0.29) is 5.91 Å². The Hall–Kier alpha value is -1.99. The van der Waals surface area contributed by atoms with E-state index < -0.39 is 0 Å². The zero-order chi connectivity index (χ0) is 17.4. The molecule has 25 heavy (non-hydrogen) atoms. The minimum Gasteiger partial charge on any atom is -0.379 e. The Morgan fingerprint density at radius 3 is 2.84 bits per heavy atom. The molecule has 0 aliphatic carbocycles. The fraction of sp³-hybridized carbons (Fsp3) is 0.611. The number of aryl methyl sites for hydroxylation is 1. The Morgan fingerprint density at radius 1 is 1.28 bits per heavy atom. The van der Waals surface area contributed by atoms with Crippen molar-refractivity contribution >= 4 is 16.9 Å². The molecule has 3 heterocycles. The van der Waals surface area contributed by atoms with Gasteiger partial charge in [0.1, 0.15) is 5.52 Å². The van der Waals surface area contributed by atoms with Gasteiger partial charge in [0.2, 0.25) is 0 Å². The summed E-state index contributed by atoms with van der Waals surface area (Å²) in [5.41, 5.74) is 2.41. The monoisotopic (exact) mass is 343 g/mol. The summed E-state index contributed by atoms with van der Waals surface area (Å²) in [7, 11) is 1.86. The van der Waals surface area contributed by atoms with Crippen LogP contribution in [-0.2, 0) is 11.8 Å². The summed E-state index contributed by atoms with van der Waals surface area (Å²) in [6.07, 6.45) is 1.09. The minimum atomic E-state index is 0.0989. The van der Waals surface area contributed by atoms with Crippen LogP contribution in [0.25, 0.3) is 11.0 Å². The molecule has 0 unspecified atom stereocenters. The lowest BCUT2D eigenvalue weighted by Crippen LogP contribution is -2.47. The molecule has 1 amide bonds. The quantitative estimate of drug-likeness (QED) is 0.837. The zero-order valence-electron chi connectivity index (χ0n) is 14.9. The molecular weight excluding hydrogens is 318 g/mol. The first kappa shape index (κ1) is 16.5. The number of benzene rings is 1. The van der Waals surface area contributed by atoms with Gasteiger partial charge in [-0.15, -0.1) is 5.10 Å². The van der Waals surface area contributed by atoms with Gasteiger partial charge < -0.3 is 9.64 Å². The molecule has 0 bridgehead atoms. The Kier molecular flexibility index (Phi) is 4.43. The summed E-state index contributed by atoms with van der Waals surface area (Å²) in [5.74, 6) is 0.629. The lowest BCUT2D eigenvalue weighted by Gasteiger charge is -2.34. The Labute approximate surface area is 147 Å². The van der Waals surface area contributed by atoms with Crippen LogP contribution in [0.5, 0.6) is 0 Å². The maximum atomic E-state index is 13.0. The summed E-state index contributed by atoms with van der Waals surface area (Å²) in [6.45, 7) is 7.38. The number of morpholine rings is 1. The molecule has 4 rings (SSSR count). The molecule has 0 spiro atoms. The number of amides is 1. The second-order valence-electron chi connectivity index (χ2n) is 7.01. The third-order valence-electron chi connectivity index (χ3n) is 5.59. The molecule has 7 nitrogen and oxygen atoms in total. The maximum Gasteiger partial charge on any atom is 0.253 e. The molecule has 2 saturated heterocycles. The highest BCUT2D eigenvalue weighted by molar-refractivity contribution is 5.97. The van der Waals surface area contributed by atoms with Crippen LogP contribution in [0.3, 0.4) is 0 Å². The van der Waals surface area contributed by atoms with E-state index >= 15 is 0 Å².